The molecular weight excluding hydrogens is 406 g/mol. The molecule has 0 atom stereocenters. The van der Waals surface area contributed by atoms with Crippen LogP contribution in [-0.2, 0) is 18.0 Å². The number of esters is 1. The Morgan fingerprint density at radius 1 is 0.812 bits per heavy atom. The summed E-state index contributed by atoms with van der Waals surface area (Å²) in [5.41, 5.74) is 3.00. The molecule has 0 aliphatic heterocycles. The molecule has 0 unspecified atom stereocenters. The van der Waals surface area contributed by atoms with Crippen LogP contribution >= 0.6 is 0 Å². The lowest BCUT2D eigenvalue weighted by Crippen LogP contribution is -2.06. The summed E-state index contributed by atoms with van der Waals surface area (Å²) in [6.45, 7) is 0.627. The van der Waals surface area contributed by atoms with Crippen molar-refractivity contribution in [2.75, 3.05) is 14.2 Å². The van der Waals surface area contributed by atoms with Crippen molar-refractivity contribution in [2.24, 2.45) is 0 Å². The third kappa shape index (κ3) is 4.98. The maximum absolute atomic E-state index is 12.1. The molecule has 0 amide bonds. The topological polar surface area (TPSA) is 66.9 Å². The number of carbonyl (C=O) groups excluding carboxylic acids is 1. The van der Waals surface area contributed by atoms with Gasteiger partial charge in [-0.15, -0.1) is 0 Å². The number of rotatable bonds is 8. The first-order valence-electron chi connectivity index (χ1n) is 10.1. The van der Waals surface area contributed by atoms with Crippen LogP contribution < -0.4 is 14.2 Å². The van der Waals surface area contributed by atoms with Crippen molar-refractivity contribution in [1.82, 2.24) is 4.98 Å². The molecule has 1 heterocycles. The number of benzene rings is 3. The Balaban J connectivity index is 1.42. The van der Waals surface area contributed by atoms with Gasteiger partial charge < -0.3 is 18.9 Å². The van der Waals surface area contributed by atoms with Gasteiger partial charge >= 0.3 is 5.97 Å². The van der Waals surface area contributed by atoms with Crippen molar-refractivity contribution in [3.05, 3.63) is 95.7 Å². The largest absolute Gasteiger partial charge is 0.497 e. The minimum Gasteiger partial charge on any atom is -0.497 e. The monoisotopic (exact) mass is 429 g/mol. The summed E-state index contributed by atoms with van der Waals surface area (Å²) in [5, 5.41) is 1.10. The Morgan fingerprint density at radius 2 is 1.69 bits per heavy atom. The lowest BCUT2D eigenvalue weighted by molar-refractivity contribution is 0.0595. The molecule has 0 aliphatic rings. The fourth-order valence-electron chi connectivity index (χ4n) is 3.26. The lowest BCUT2D eigenvalue weighted by atomic mass is 10.2. The van der Waals surface area contributed by atoms with Gasteiger partial charge in [-0.25, -0.2) is 9.78 Å². The number of fused-ring (bicyclic) bond motifs is 1. The van der Waals surface area contributed by atoms with Crippen molar-refractivity contribution < 1.29 is 23.7 Å². The average molecular weight is 429 g/mol. The highest BCUT2D eigenvalue weighted by Gasteiger charge is 2.15. The van der Waals surface area contributed by atoms with Gasteiger partial charge in [0.05, 0.1) is 25.4 Å². The number of hydrogen-bond donors (Lipinski definition) is 0. The number of carbonyl (C=O) groups is 1. The van der Waals surface area contributed by atoms with Crippen LogP contribution in [0.15, 0.2) is 78.9 Å². The first-order valence-corrected chi connectivity index (χ1v) is 10.1. The number of pyridine rings is 1. The van der Waals surface area contributed by atoms with E-state index >= 15 is 0 Å². The zero-order chi connectivity index (χ0) is 22.3. The minimum absolute atomic E-state index is 0.266. The average Bonchev–Trinajstić information content (AvgIpc) is 2.85. The van der Waals surface area contributed by atoms with Crippen molar-refractivity contribution in [1.29, 1.82) is 0 Å². The fraction of sp³-hybridized carbons (Fsp3) is 0.154. The van der Waals surface area contributed by atoms with E-state index in [1.165, 1.54) is 14.2 Å². The number of methoxy groups -OCH3 is 2. The molecule has 3 aromatic carbocycles. The molecule has 6 heteroatoms. The summed E-state index contributed by atoms with van der Waals surface area (Å²) in [4.78, 5) is 16.7. The molecule has 0 saturated heterocycles. The molecule has 0 fully saturated rings. The van der Waals surface area contributed by atoms with Gasteiger partial charge in [0.25, 0.3) is 0 Å². The van der Waals surface area contributed by atoms with Crippen molar-refractivity contribution in [3.8, 4) is 17.2 Å². The zero-order valence-corrected chi connectivity index (χ0v) is 17.9. The predicted octanol–water partition coefficient (Wildman–Crippen LogP) is 5.19. The summed E-state index contributed by atoms with van der Waals surface area (Å²) in [6.07, 6.45) is 0. The van der Waals surface area contributed by atoms with E-state index in [0.29, 0.717) is 29.4 Å². The van der Waals surface area contributed by atoms with Crippen LogP contribution in [0.3, 0.4) is 0 Å². The van der Waals surface area contributed by atoms with Gasteiger partial charge in [-0.1, -0.05) is 36.4 Å². The Kier molecular flexibility index (Phi) is 6.51. The molecule has 0 radical (unpaired) electrons. The van der Waals surface area contributed by atoms with Crippen LogP contribution in [0, 0.1) is 0 Å². The van der Waals surface area contributed by atoms with Crippen molar-refractivity contribution in [3.63, 3.8) is 0 Å². The van der Waals surface area contributed by atoms with Crippen molar-refractivity contribution >= 4 is 16.9 Å². The molecule has 4 aromatic rings. The fourth-order valence-corrected chi connectivity index (χ4v) is 3.26. The Morgan fingerprint density at radius 3 is 2.53 bits per heavy atom. The van der Waals surface area contributed by atoms with E-state index in [-0.39, 0.29) is 6.61 Å². The quantitative estimate of drug-likeness (QED) is 0.359. The van der Waals surface area contributed by atoms with E-state index in [2.05, 4.69) is 4.98 Å². The van der Waals surface area contributed by atoms with Gasteiger partial charge in [-0.3, -0.25) is 0 Å². The van der Waals surface area contributed by atoms with E-state index in [1.807, 2.05) is 60.7 Å². The first kappa shape index (κ1) is 21.2. The lowest BCUT2D eigenvalue weighted by Gasteiger charge is -2.13. The minimum atomic E-state index is -0.487. The van der Waals surface area contributed by atoms with Crippen LogP contribution in [0.25, 0.3) is 10.9 Å². The van der Waals surface area contributed by atoms with E-state index in [0.717, 1.165) is 22.2 Å². The second-order valence-electron chi connectivity index (χ2n) is 7.07. The van der Waals surface area contributed by atoms with E-state index in [1.54, 1.807) is 18.2 Å². The van der Waals surface area contributed by atoms with Gasteiger partial charge in [0, 0.05) is 5.39 Å². The van der Waals surface area contributed by atoms with Gasteiger partial charge in [0.15, 0.2) is 0 Å². The maximum Gasteiger partial charge on any atom is 0.341 e. The summed E-state index contributed by atoms with van der Waals surface area (Å²) in [5.74, 6) is 1.20. The highest BCUT2D eigenvalue weighted by molar-refractivity contribution is 5.93. The highest BCUT2D eigenvalue weighted by atomic mass is 16.5. The van der Waals surface area contributed by atoms with Crippen LogP contribution in [0.2, 0.25) is 0 Å². The molecule has 32 heavy (non-hydrogen) atoms. The number of para-hydroxylation sites is 1. The second-order valence-corrected chi connectivity index (χ2v) is 7.07. The molecule has 4 rings (SSSR count). The molecule has 0 N–H and O–H groups in total. The smallest absolute Gasteiger partial charge is 0.341 e. The number of nitrogens with zero attached hydrogens (tertiary/aromatic N) is 1. The van der Waals surface area contributed by atoms with Crippen LogP contribution in [0.4, 0.5) is 0 Å². The normalized spacial score (nSPS) is 10.6. The highest BCUT2D eigenvalue weighted by Crippen LogP contribution is 2.26. The van der Waals surface area contributed by atoms with Gasteiger partial charge in [-0.2, -0.15) is 0 Å². The molecule has 0 saturated carbocycles. The zero-order valence-electron chi connectivity index (χ0n) is 17.9. The second kappa shape index (κ2) is 9.83. The third-order valence-corrected chi connectivity index (χ3v) is 4.93. The summed E-state index contributed by atoms with van der Waals surface area (Å²) in [6, 6.07) is 24.6. The molecule has 1 aromatic heterocycles. The van der Waals surface area contributed by atoms with Gasteiger partial charge in [0.2, 0.25) is 0 Å². The van der Waals surface area contributed by atoms with Crippen LogP contribution in [-0.4, -0.2) is 25.2 Å². The summed E-state index contributed by atoms with van der Waals surface area (Å²) in [7, 11) is 2.87. The standard InChI is InChI=1S/C26H23NO5/c1-29-21-12-13-25(23(15-21)26(28)30-2)32-16-18-6-5-8-22(14-18)31-17-20-11-10-19-7-3-4-9-24(19)27-20/h3-15H,16-17H2,1-2H3. The van der Waals surface area contributed by atoms with E-state index < -0.39 is 5.97 Å². The molecule has 6 nitrogen and oxygen atoms in total. The predicted molar refractivity (Wildman–Crippen MR) is 121 cm³/mol. The Hall–Kier alpha value is -4.06. The SMILES string of the molecule is COC(=O)c1cc(OC)ccc1OCc1cccc(OCc2ccc3ccccc3n2)c1. The third-order valence-electron chi connectivity index (χ3n) is 4.93. The van der Waals surface area contributed by atoms with Crippen molar-refractivity contribution in [2.45, 2.75) is 13.2 Å². The maximum atomic E-state index is 12.1. The Bertz CT molecular complexity index is 1240. The van der Waals surface area contributed by atoms with E-state index in [9.17, 15) is 4.79 Å². The number of ether oxygens (including phenoxy) is 4. The molecular formula is C26H23NO5. The summed E-state index contributed by atoms with van der Waals surface area (Å²) < 4.78 is 21.9. The van der Waals surface area contributed by atoms with Crippen LogP contribution in [0.1, 0.15) is 21.6 Å². The Labute approximate surface area is 186 Å². The van der Waals surface area contributed by atoms with E-state index in [4.69, 9.17) is 18.9 Å². The summed E-state index contributed by atoms with van der Waals surface area (Å²) >= 11 is 0. The van der Waals surface area contributed by atoms with Crippen LogP contribution in [0.5, 0.6) is 17.2 Å². The first-order chi connectivity index (χ1) is 15.7. The molecule has 0 spiro atoms. The molecule has 162 valence electrons. The van der Waals surface area contributed by atoms with Gasteiger partial charge in [-0.05, 0) is 48.0 Å². The van der Waals surface area contributed by atoms with Gasteiger partial charge in [0.1, 0.15) is 36.0 Å². The molecule has 0 bridgehead atoms. The molecule has 0 aliphatic carbocycles. The number of hydrogen-bond acceptors (Lipinski definition) is 6. The number of aromatic nitrogens is 1.